The van der Waals surface area contributed by atoms with Crippen LogP contribution in [0.2, 0.25) is 0 Å². The van der Waals surface area contributed by atoms with Crippen molar-refractivity contribution in [3.63, 3.8) is 0 Å². The van der Waals surface area contributed by atoms with Crippen LogP contribution in [-0.4, -0.2) is 180 Å². The van der Waals surface area contributed by atoms with Crippen molar-refractivity contribution >= 4 is 0 Å². The molecule has 1 aliphatic heterocycles. The van der Waals surface area contributed by atoms with Crippen molar-refractivity contribution in [2.45, 2.75) is 185 Å². The molecule has 0 aliphatic carbocycles. The lowest BCUT2D eigenvalue weighted by molar-refractivity contribution is -0.311. The summed E-state index contributed by atoms with van der Waals surface area (Å²) in [5.74, 6) is -4.49. The van der Waals surface area contributed by atoms with E-state index in [9.17, 15) is 61.3 Å². The molecule has 14 N–H and O–H groups in total. The summed E-state index contributed by atoms with van der Waals surface area (Å²) in [5, 5.41) is 143. The molecule has 1 aliphatic rings. The van der Waals surface area contributed by atoms with Crippen LogP contribution in [-0.2, 0) is 23.7 Å². The fourth-order valence-electron chi connectivity index (χ4n) is 7.03. The van der Waals surface area contributed by atoms with Crippen LogP contribution in [0.1, 0.15) is 129 Å². The quantitative estimate of drug-likeness (QED) is 0.0240. The van der Waals surface area contributed by atoms with E-state index in [2.05, 4.69) is 13.8 Å². The van der Waals surface area contributed by atoms with E-state index in [1.54, 1.807) is 0 Å². The van der Waals surface area contributed by atoms with E-state index in [1.165, 1.54) is 25.7 Å². The Labute approximate surface area is 366 Å². The standard InChI is InChI=1S/C43H82O19/c1-3-5-7-9-11-13-15-17-29(18-16-14-12-10-8-6-4-2)24-58-25-43(26-59-40(56)37(53)33(49)30(47)19-21-44,27-60-41(57)38(54)34(50)31(48)20-22-45)28-61-42-39(55)36(52)35(51)32(23-46)62-42/h29-32,35-36,39-42,44-57H,3-28H2,1-2H3/b37-33+,38-34+/t30-,31-,32?,35-,36?,39?,40+,41+,42-/m1/s1. The summed E-state index contributed by atoms with van der Waals surface area (Å²) in [6, 6.07) is 0. The number of aliphatic hydroxyl groups excluding tert-OH is 14. The lowest BCUT2D eigenvalue weighted by Gasteiger charge is -2.41. The number of hydrogen-bond donors (Lipinski definition) is 14. The van der Waals surface area contributed by atoms with Crippen LogP contribution in [0.15, 0.2) is 23.0 Å². The molecule has 1 heterocycles. The second kappa shape index (κ2) is 33.5. The molecule has 19 nitrogen and oxygen atoms in total. The van der Waals surface area contributed by atoms with Crippen LogP contribution in [0.5, 0.6) is 0 Å². The van der Waals surface area contributed by atoms with Gasteiger partial charge in [-0.1, -0.05) is 104 Å². The Morgan fingerprint density at radius 3 is 1.39 bits per heavy atom. The lowest BCUT2D eigenvalue weighted by atomic mass is 9.91. The smallest absolute Gasteiger partial charge is 0.217 e. The van der Waals surface area contributed by atoms with Gasteiger partial charge in [0.15, 0.2) is 29.3 Å². The normalized spacial score (nSPS) is 22.6. The van der Waals surface area contributed by atoms with E-state index >= 15 is 0 Å². The van der Waals surface area contributed by atoms with Crippen molar-refractivity contribution < 1.29 is 95.2 Å². The maximum Gasteiger partial charge on any atom is 0.217 e. The highest BCUT2D eigenvalue weighted by Gasteiger charge is 2.46. The molecule has 3 unspecified atom stereocenters. The first-order valence-electron chi connectivity index (χ1n) is 22.5. The summed E-state index contributed by atoms with van der Waals surface area (Å²) >= 11 is 0. The van der Waals surface area contributed by atoms with E-state index in [-0.39, 0.29) is 19.1 Å². The highest BCUT2D eigenvalue weighted by molar-refractivity contribution is 5.07. The molecule has 0 amide bonds. The Kier molecular flexibility index (Phi) is 31.4. The number of aliphatic hydroxyl groups is 14. The summed E-state index contributed by atoms with van der Waals surface area (Å²) in [6.07, 6.45) is 0.0319. The molecule has 0 spiro atoms. The Morgan fingerprint density at radius 1 is 0.532 bits per heavy atom. The van der Waals surface area contributed by atoms with E-state index in [0.29, 0.717) is 0 Å². The van der Waals surface area contributed by atoms with Crippen molar-refractivity contribution in [2.75, 3.05) is 52.9 Å². The van der Waals surface area contributed by atoms with Gasteiger partial charge in [-0.3, -0.25) is 0 Å². The summed E-state index contributed by atoms with van der Waals surface area (Å²) in [7, 11) is 0. The molecule has 1 rings (SSSR count). The average molecular weight is 903 g/mol. The summed E-state index contributed by atoms with van der Waals surface area (Å²) in [4.78, 5) is 0. The third-order valence-corrected chi connectivity index (χ3v) is 11.1. The second-order valence-corrected chi connectivity index (χ2v) is 16.6. The van der Waals surface area contributed by atoms with Gasteiger partial charge >= 0.3 is 0 Å². The van der Waals surface area contributed by atoms with Gasteiger partial charge in [-0.25, -0.2) is 0 Å². The average Bonchev–Trinajstić information content (AvgIpc) is 3.26. The minimum absolute atomic E-state index is 0.109. The van der Waals surface area contributed by atoms with Gasteiger partial charge < -0.3 is 95.2 Å². The number of hydrogen-bond acceptors (Lipinski definition) is 19. The molecule has 1 saturated heterocycles. The Balaban J connectivity index is 3.53. The predicted octanol–water partition coefficient (Wildman–Crippen LogP) is 2.52. The third kappa shape index (κ3) is 21.8. The molecular formula is C43H82O19. The summed E-state index contributed by atoms with van der Waals surface area (Å²) in [5.41, 5.74) is -1.73. The molecule has 0 bridgehead atoms. The van der Waals surface area contributed by atoms with Crippen LogP contribution in [0.3, 0.4) is 0 Å². The van der Waals surface area contributed by atoms with E-state index < -0.39 is 136 Å². The Hall–Kier alpha value is -1.92. The molecule has 62 heavy (non-hydrogen) atoms. The van der Waals surface area contributed by atoms with Gasteiger partial charge in [0.1, 0.15) is 36.6 Å². The Morgan fingerprint density at radius 2 is 0.968 bits per heavy atom. The number of unbranched alkanes of at least 4 members (excludes halogenated alkanes) is 12. The molecule has 0 aromatic heterocycles. The first kappa shape index (κ1) is 58.1. The molecule has 368 valence electrons. The minimum atomic E-state index is -2.31. The van der Waals surface area contributed by atoms with Gasteiger partial charge in [0.2, 0.25) is 12.6 Å². The molecule has 19 heteroatoms. The first-order valence-corrected chi connectivity index (χ1v) is 22.5. The highest BCUT2D eigenvalue weighted by atomic mass is 16.7. The van der Waals surface area contributed by atoms with Crippen molar-refractivity contribution in [2.24, 2.45) is 11.3 Å². The minimum Gasteiger partial charge on any atom is -0.506 e. The third-order valence-electron chi connectivity index (χ3n) is 11.1. The van der Waals surface area contributed by atoms with Crippen LogP contribution in [0, 0.1) is 11.3 Å². The van der Waals surface area contributed by atoms with Gasteiger partial charge in [0.05, 0.1) is 38.4 Å². The summed E-state index contributed by atoms with van der Waals surface area (Å²) in [6.45, 7) is 0.186. The van der Waals surface area contributed by atoms with Crippen molar-refractivity contribution in [3.05, 3.63) is 23.0 Å². The van der Waals surface area contributed by atoms with Gasteiger partial charge in [-0.2, -0.15) is 0 Å². The maximum atomic E-state index is 10.8. The molecule has 0 radical (unpaired) electrons. The second-order valence-electron chi connectivity index (χ2n) is 16.6. The molecule has 1 fully saturated rings. The largest absolute Gasteiger partial charge is 0.506 e. The Bertz CT molecular complexity index is 1130. The van der Waals surface area contributed by atoms with E-state index in [1.807, 2.05) is 0 Å². The molecule has 0 aromatic carbocycles. The van der Waals surface area contributed by atoms with Crippen LogP contribution < -0.4 is 0 Å². The monoisotopic (exact) mass is 903 g/mol. The maximum absolute atomic E-state index is 10.8. The fraction of sp³-hybridized carbons (Fsp3) is 0.907. The highest BCUT2D eigenvalue weighted by Crippen LogP contribution is 2.30. The number of ether oxygens (including phenoxy) is 5. The van der Waals surface area contributed by atoms with E-state index in [0.717, 1.165) is 77.0 Å². The lowest BCUT2D eigenvalue weighted by Crippen LogP contribution is -2.60. The number of rotatable bonds is 38. The molecule has 9 atom stereocenters. The zero-order chi connectivity index (χ0) is 46.5. The van der Waals surface area contributed by atoms with Crippen molar-refractivity contribution in [1.29, 1.82) is 0 Å². The summed E-state index contributed by atoms with van der Waals surface area (Å²) < 4.78 is 28.8. The zero-order valence-electron chi connectivity index (χ0n) is 37.0. The van der Waals surface area contributed by atoms with Gasteiger partial charge in [-0.05, 0) is 18.8 Å². The van der Waals surface area contributed by atoms with Gasteiger partial charge in [0, 0.05) is 32.7 Å². The fourth-order valence-corrected chi connectivity index (χ4v) is 7.03. The van der Waals surface area contributed by atoms with Crippen LogP contribution in [0.25, 0.3) is 0 Å². The zero-order valence-corrected chi connectivity index (χ0v) is 37.0. The van der Waals surface area contributed by atoms with Crippen LogP contribution >= 0.6 is 0 Å². The van der Waals surface area contributed by atoms with E-state index in [4.69, 9.17) is 33.9 Å². The molecule has 0 saturated carbocycles. The molecular weight excluding hydrogens is 820 g/mol. The van der Waals surface area contributed by atoms with Gasteiger partial charge in [-0.15, -0.1) is 0 Å². The predicted molar refractivity (Wildman–Crippen MR) is 226 cm³/mol. The van der Waals surface area contributed by atoms with Crippen LogP contribution in [0.4, 0.5) is 0 Å². The molecule has 0 aromatic rings. The topological polar surface area (TPSA) is 329 Å². The van der Waals surface area contributed by atoms with Crippen molar-refractivity contribution in [1.82, 2.24) is 0 Å². The SMILES string of the molecule is CCCCCCCCCC(CCCCCCCCC)COCC(CO[C@@H]1OC(CO)[C@@H](O)C(O)C1O)(CO[C@H](O)/C(O)=C(\O)[C@H](O)CCO)CO[C@H](O)/C(O)=C(\O)[C@H](O)CCO. The van der Waals surface area contributed by atoms with Gasteiger partial charge in [0.25, 0.3) is 0 Å². The van der Waals surface area contributed by atoms with Crippen molar-refractivity contribution in [3.8, 4) is 0 Å². The first-order chi connectivity index (χ1) is 29.6.